The summed E-state index contributed by atoms with van der Waals surface area (Å²) in [6, 6.07) is 15.2. The molecular weight excluding hydrogens is 390 g/mol. The van der Waals surface area contributed by atoms with Crippen molar-refractivity contribution in [2.45, 2.75) is 25.2 Å². The lowest BCUT2D eigenvalue weighted by Crippen LogP contribution is -2.39. The van der Waals surface area contributed by atoms with Crippen molar-refractivity contribution in [2.24, 2.45) is 0 Å². The van der Waals surface area contributed by atoms with Crippen molar-refractivity contribution in [1.82, 2.24) is 15.0 Å². The molecule has 0 saturated carbocycles. The summed E-state index contributed by atoms with van der Waals surface area (Å²) in [6.45, 7) is 1.37. The Morgan fingerprint density at radius 1 is 1.21 bits per heavy atom. The number of halogens is 1. The van der Waals surface area contributed by atoms with Crippen molar-refractivity contribution in [1.29, 1.82) is 0 Å². The van der Waals surface area contributed by atoms with Crippen LogP contribution in [0.4, 0.5) is 0 Å². The lowest BCUT2D eigenvalue weighted by atomic mass is 9.95. The molecule has 1 amide bonds. The fourth-order valence-corrected chi connectivity index (χ4v) is 3.87. The highest BCUT2D eigenvalue weighted by Gasteiger charge is 2.27. The Labute approximate surface area is 174 Å². The predicted molar refractivity (Wildman–Crippen MR) is 110 cm³/mol. The second-order valence-electron chi connectivity index (χ2n) is 7.12. The highest BCUT2D eigenvalue weighted by molar-refractivity contribution is 6.32. The van der Waals surface area contributed by atoms with Gasteiger partial charge in [-0.3, -0.25) is 4.79 Å². The van der Waals surface area contributed by atoms with Gasteiger partial charge in [0.25, 0.3) is 5.89 Å². The van der Waals surface area contributed by atoms with Crippen molar-refractivity contribution in [3.05, 3.63) is 64.9 Å². The number of carbonyl (C=O) groups is 1. The average molecular weight is 412 g/mol. The lowest BCUT2D eigenvalue weighted by Gasteiger charge is -2.30. The maximum Gasteiger partial charge on any atom is 0.257 e. The third-order valence-electron chi connectivity index (χ3n) is 5.25. The molecule has 1 aliphatic rings. The van der Waals surface area contributed by atoms with Crippen LogP contribution in [0.5, 0.6) is 5.75 Å². The van der Waals surface area contributed by atoms with Gasteiger partial charge in [-0.15, -0.1) is 0 Å². The van der Waals surface area contributed by atoms with E-state index in [-0.39, 0.29) is 11.8 Å². The summed E-state index contributed by atoms with van der Waals surface area (Å²) in [4.78, 5) is 19.1. The summed E-state index contributed by atoms with van der Waals surface area (Å²) < 4.78 is 10.6. The minimum Gasteiger partial charge on any atom is -0.495 e. The van der Waals surface area contributed by atoms with Crippen molar-refractivity contribution >= 4 is 17.5 Å². The van der Waals surface area contributed by atoms with Gasteiger partial charge in [0.15, 0.2) is 5.82 Å². The molecule has 0 spiro atoms. The van der Waals surface area contributed by atoms with Crippen molar-refractivity contribution in [3.8, 4) is 17.2 Å². The van der Waals surface area contributed by atoms with Gasteiger partial charge in [0.05, 0.1) is 18.6 Å². The number of hydrogen-bond donors (Lipinski definition) is 0. The molecule has 0 unspecified atom stereocenters. The molecular formula is C22H22ClN3O3. The summed E-state index contributed by atoms with van der Waals surface area (Å²) >= 11 is 6.16. The van der Waals surface area contributed by atoms with Crippen LogP contribution in [0.2, 0.25) is 5.02 Å². The lowest BCUT2D eigenvalue weighted by molar-refractivity contribution is -0.131. The number of methoxy groups -OCH3 is 1. The highest BCUT2D eigenvalue weighted by atomic mass is 35.5. The standard InChI is InChI=1S/C22H22ClN3O3/c1-28-19-8-7-15(13-18(19)23)14-20(27)26-11-9-16(10-12-26)21-24-22(29-25-21)17-5-3-2-4-6-17/h2-8,13,16H,9-12,14H2,1H3. The molecule has 6 nitrogen and oxygen atoms in total. The summed E-state index contributed by atoms with van der Waals surface area (Å²) in [5.74, 6) is 2.17. The van der Waals surface area contributed by atoms with Crippen LogP contribution in [0.1, 0.15) is 30.1 Å². The number of aromatic nitrogens is 2. The zero-order chi connectivity index (χ0) is 20.2. The molecule has 0 radical (unpaired) electrons. The Hall–Kier alpha value is -2.86. The van der Waals surface area contributed by atoms with E-state index < -0.39 is 0 Å². The molecule has 0 N–H and O–H groups in total. The minimum atomic E-state index is 0.0998. The third kappa shape index (κ3) is 4.43. The first kappa shape index (κ1) is 19.5. The molecule has 2 aromatic carbocycles. The topological polar surface area (TPSA) is 68.5 Å². The second-order valence-corrected chi connectivity index (χ2v) is 7.53. The van der Waals surface area contributed by atoms with Gasteiger partial charge in [-0.25, -0.2) is 0 Å². The van der Waals surface area contributed by atoms with Gasteiger partial charge < -0.3 is 14.2 Å². The number of hydrogen-bond acceptors (Lipinski definition) is 5. The molecule has 7 heteroatoms. The summed E-state index contributed by atoms with van der Waals surface area (Å²) in [7, 11) is 1.57. The number of likely N-dealkylation sites (tertiary alicyclic amines) is 1. The number of nitrogens with zero attached hydrogens (tertiary/aromatic N) is 3. The normalized spacial score (nSPS) is 14.8. The average Bonchev–Trinajstić information content (AvgIpc) is 3.25. The van der Waals surface area contributed by atoms with Crippen molar-refractivity contribution in [3.63, 3.8) is 0 Å². The monoisotopic (exact) mass is 411 g/mol. The SMILES string of the molecule is COc1ccc(CC(=O)N2CCC(c3noc(-c4ccccc4)n3)CC2)cc1Cl. The second kappa shape index (κ2) is 8.66. The number of ether oxygens (including phenoxy) is 1. The molecule has 1 aromatic heterocycles. The molecule has 150 valence electrons. The van der Waals surface area contributed by atoms with Gasteiger partial charge in [-0.1, -0.05) is 41.0 Å². The summed E-state index contributed by atoms with van der Waals surface area (Å²) in [5.41, 5.74) is 1.80. The van der Waals surface area contributed by atoms with E-state index in [9.17, 15) is 4.79 Å². The fourth-order valence-electron chi connectivity index (χ4n) is 3.59. The Balaban J connectivity index is 1.34. The maximum atomic E-state index is 12.7. The Morgan fingerprint density at radius 3 is 2.66 bits per heavy atom. The fraction of sp³-hybridized carbons (Fsp3) is 0.318. The molecule has 2 heterocycles. The smallest absolute Gasteiger partial charge is 0.257 e. The van der Waals surface area contributed by atoms with Crippen molar-refractivity contribution in [2.75, 3.05) is 20.2 Å². The highest BCUT2D eigenvalue weighted by Crippen LogP contribution is 2.29. The van der Waals surface area contributed by atoms with E-state index in [4.69, 9.17) is 20.9 Å². The van der Waals surface area contributed by atoms with E-state index in [1.54, 1.807) is 19.2 Å². The quantitative estimate of drug-likeness (QED) is 0.624. The minimum absolute atomic E-state index is 0.0998. The molecule has 3 aromatic rings. The molecule has 1 aliphatic heterocycles. The van der Waals surface area contributed by atoms with Crippen LogP contribution in [-0.4, -0.2) is 41.1 Å². The van der Waals surface area contributed by atoms with Crippen LogP contribution in [0.15, 0.2) is 53.1 Å². The molecule has 29 heavy (non-hydrogen) atoms. The zero-order valence-corrected chi connectivity index (χ0v) is 16.9. The third-order valence-corrected chi connectivity index (χ3v) is 5.54. The van der Waals surface area contributed by atoms with Gasteiger partial charge in [0.2, 0.25) is 5.91 Å². The van der Waals surface area contributed by atoms with Crippen LogP contribution in [-0.2, 0) is 11.2 Å². The number of rotatable bonds is 5. The number of piperidine rings is 1. The van der Waals surface area contributed by atoms with Gasteiger partial charge in [-0.2, -0.15) is 4.98 Å². The van der Waals surface area contributed by atoms with Crippen LogP contribution >= 0.6 is 11.6 Å². The molecule has 0 aliphatic carbocycles. The van der Waals surface area contributed by atoms with Crippen LogP contribution < -0.4 is 4.74 Å². The van der Waals surface area contributed by atoms with Gasteiger partial charge in [-0.05, 0) is 42.7 Å². The maximum absolute atomic E-state index is 12.7. The Bertz CT molecular complexity index is 982. The Morgan fingerprint density at radius 2 is 1.97 bits per heavy atom. The summed E-state index contributed by atoms with van der Waals surface area (Å²) in [6.07, 6.45) is 1.97. The summed E-state index contributed by atoms with van der Waals surface area (Å²) in [5, 5.41) is 4.68. The van der Waals surface area contributed by atoms with E-state index in [2.05, 4.69) is 10.1 Å². The molecule has 1 fully saturated rings. The molecule has 4 rings (SSSR count). The first-order valence-electron chi connectivity index (χ1n) is 9.63. The first-order chi connectivity index (χ1) is 14.1. The molecule has 0 bridgehead atoms. The Kier molecular flexibility index (Phi) is 5.81. The van der Waals surface area contributed by atoms with Crippen LogP contribution in [0.3, 0.4) is 0 Å². The van der Waals surface area contributed by atoms with Crippen LogP contribution in [0.25, 0.3) is 11.5 Å². The van der Waals surface area contributed by atoms with E-state index in [1.165, 1.54) is 0 Å². The van der Waals surface area contributed by atoms with Crippen LogP contribution in [0, 0.1) is 0 Å². The number of carbonyl (C=O) groups excluding carboxylic acids is 1. The van der Waals surface area contributed by atoms with Crippen molar-refractivity contribution < 1.29 is 14.1 Å². The number of benzene rings is 2. The van der Waals surface area contributed by atoms with E-state index in [0.29, 0.717) is 36.2 Å². The zero-order valence-electron chi connectivity index (χ0n) is 16.2. The first-order valence-corrected chi connectivity index (χ1v) is 10.0. The number of amides is 1. The molecule has 0 atom stereocenters. The van der Waals surface area contributed by atoms with E-state index in [1.807, 2.05) is 41.3 Å². The predicted octanol–water partition coefficient (Wildman–Crippen LogP) is 4.35. The van der Waals surface area contributed by atoms with E-state index in [0.717, 1.165) is 29.8 Å². The van der Waals surface area contributed by atoms with Gasteiger partial charge in [0, 0.05) is 24.6 Å². The largest absolute Gasteiger partial charge is 0.495 e. The van der Waals surface area contributed by atoms with Gasteiger partial charge in [0.1, 0.15) is 5.75 Å². The van der Waals surface area contributed by atoms with Gasteiger partial charge >= 0.3 is 0 Å². The van der Waals surface area contributed by atoms with E-state index >= 15 is 0 Å². The molecule has 1 saturated heterocycles.